The van der Waals surface area contributed by atoms with Crippen LogP contribution >= 0.6 is 0 Å². The van der Waals surface area contributed by atoms with Crippen molar-refractivity contribution in [3.63, 3.8) is 0 Å². The van der Waals surface area contributed by atoms with Gasteiger partial charge in [0, 0.05) is 18.7 Å². The van der Waals surface area contributed by atoms with E-state index in [4.69, 9.17) is 4.74 Å². The lowest BCUT2D eigenvalue weighted by Gasteiger charge is -2.26. The Balaban J connectivity index is 2.51. The lowest BCUT2D eigenvalue weighted by Crippen LogP contribution is -2.38. The molecule has 0 aromatic rings. The topological polar surface area (TPSA) is 46.6 Å². The number of esters is 1. The molecule has 4 heteroatoms. The van der Waals surface area contributed by atoms with Gasteiger partial charge >= 0.3 is 12.1 Å². The van der Waals surface area contributed by atoms with Crippen molar-refractivity contribution in [1.82, 2.24) is 4.90 Å². The Kier molecular flexibility index (Phi) is 4.32. The zero-order chi connectivity index (χ0) is 13.1. The van der Waals surface area contributed by atoms with Crippen LogP contribution in [0.1, 0.15) is 40.0 Å². The van der Waals surface area contributed by atoms with Crippen molar-refractivity contribution in [1.29, 1.82) is 0 Å². The van der Waals surface area contributed by atoms with E-state index >= 15 is 0 Å². The van der Waals surface area contributed by atoms with Crippen molar-refractivity contribution >= 4 is 12.1 Å². The second-order valence-corrected chi connectivity index (χ2v) is 5.43. The van der Waals surface area contributed by atoms with E-state index in [0.29, 0.717) is 18.7 Å². The second-order valence-electron chi connectivity index (χ2n) is 5.43. The molecule has 4 nitrogen and oxygen atoms in total. The Hall–Kier alpha value is -1.32. The molecule has 0 spiro atoms. The summed E-state index contributed by atoms with van der Waals surface area (Å²) in [4.78, 5) is 24.9. The minimum atomic E-state index is -0.618. The van der Waals surface area contributed by atoms with Gasteiger partial charge in [-0.15, -0.1) is 0 Å². The monoisotopic (exact) mass is 239 g/mol. The third kappa shape index (κ3) is 3.88. The fourth-order valence-electron chi connectivity index (χ4n) is 1.59. The predicted molar refractivity (Wildman–Crippen MR) is 65.5 cm³/mol. The highest BCUT2D eigenvalue weighted by molar-refractivity contribution is 5.96. The highest BCUT2D eigenvalue weighted by atomic mass is 16.6. The minimum absolute atomic E-state index is 0.322. The lowest BCUT2D eigenvalue weighted by atomic mass is 9.88. The molecule has 0 saturated carbocycles. The van der Waals surface area contributed by atoms with Gasteiger partial charge in [-0.2, -0.15) is 0 Å². The summed E-state index contributed by atoms with van der Waals surface area (Å²) in [5, 5.41) is 0. The first kappa shape index (κ1) is 13.7. The van der Waals surface area contributed by atoms with Gasteiger partial charge < -0.3 is 9.64 Å². The van der Waals surface area contributed by atoms with Gasteiger partial charge in [-0.1, -0.05) is 27.4 Å². The molecule has 0 aromatic heterocycles. The van der Waals surface area contributed by atoms with Gasteiger partial charge in [0.15, 0.2) is 0 Å². The van der Waals surface area contributed by atoms with Gasteiger partial charge in [-0.3, -0.25) is 0 Å². The van der Waals surface area contributed by atoms with Crippen LogP contribution in [0.3, 0.4) is 0 Å². The maximum atomic E-state index is 11.7. The number of nitrogens with zero attached hydrogens (tertiary/aromatic N) is 1. The van der Waals surface area contributed by atoms with E-state index in [1.54, 1.807) is 4.90 Å². The number of hydrogen-bond acceptors (Lipinski definition) is 3. The highest BCUT2D eigenvalue weighted by Gasteiger charge is 2.27. The van der Waals surface area contributed by atoms with E-state index in [0.717, 1.165) is 19.3 Å². The summed E-state index contributed by atoms with van der Waals surface area (Å²) < 4.78 is 4.83. The van der Waals surface area contributed by atoms with Crippen LogP contribution in [0.5, 0.6) is 0 Å². The van der Waals surface area contributed by atoms with Crippen LogP contribution in [0.4, 0.5) is 4.79 Å². The summed E-state index contributed by atoms with van der Waals surface area (Å²) in [5.41, 5.74) is -0.0536. The van der Waals surface area contributed by atoms with Gasteiger partial charge in [0.25, 0.3) is 0 Å². The van der Waals surface area contributed by atoms with Crippen LogP contribution in [-0.4, -0.2) is 30.1 Å². The van der Waals surface area contributed by atoms with Crippen molar-refractivity contribution in [2.75, 3.05) is 13.1 Å². The average Bonchev–Trinajstić information content (AvgIpc) is 2.27. The minimum Gasteiger partial charge on any atom is -0.373 e. The molecule has 0 unspecified atom stereocenters. The molecule has 1 saturated heterocycles. The Morgan fingerprint density at radius 2 is 1.65 bits per heavy atom. The van der Waals surface area contributed by atoms with Crippen molar-refractivity contribution in [2.45, 2.75) is 40.0 Å². The zero-order valence-electron chi connectivity index (χ0n) is 10.9. The second kappa shape index (κ2) is 5.34. The van der Waals surface area contributed by atoms with E-state index in [1.165, 1.54) is 0 Å². The maximum Gasteiger partial charge on any atom is 0.417 e. The Morgan fingerprint density at radius 1 is 1.12 bits per heavy atom. The average molecular weight is 239 g/mol. The van der Waals surface area contributed by atoms with Crippen LogP contribution in [0, 0.1) is 5.41 Å². The number of carbonyl (C=O) groups is 2. The van der Waals surface area contributed by atoms with Gasteiger partial charge in [-0.05, 0) is 24.7 Å². The molecular weight excluding hydrogens is 218 g/mol. The van der Waals surface area contributed by atoms with Crippen LogP contribution in [0.2, 0.25) is 0 Å². The molecule has 96 valence electrons. The normalized spacial score (nSPS) is 16.5. The molecule has 0 N–H and O–H groups in total. The van der Waals surface area contributed by atoms with Crippen molar-refractivity contribution in [2.24, 2.45) is 5.41 Å². The molecular formula is C13H21NO3. The van der Waals surface area contributed by atoms with Gasteiger partial charge in [0.1, 0.15) is 0 Å². The van der Waals surface area contributed by atoms with Gasteiger partial charge in [0.05, 0.1) is 0 Å². The first-order chi connectivity index (χ1) is 7.82. The smallest absolute Gasteiger partial charge is 0.373 e. The van der Waals surface area contributed by atoms with Crippen LogP contribution in [-0.2, 0) is 9.53 Å². The van der Waals surface area contributed by atoms with Crippen molar-refractivity contribution in [3.05, 3.63) is 12.2 Å². The third-order valence-corrected chi connectivity index (χ3v) is 2.95. The van der Waals surface area contributed by atoms with Gasteiger partial charge in [0.2, 0.25) is 0 Å². The summed E-state index contributed by atoms with van der Waals surface area (Å²) in [6.07, 6.45) is 2.54. The largest absolute Gasteiger partial charge is 0.417 e. The predicted octanol–water partition coefficient (Wildman–Crippen LogP) is 2.74. The molecule has 1 rings (SSSR count). The standard InChI is InChI=1S/C13H21NO3/c1-10(13(2,3)4)11(15)17-12(16)14-8-6-5-7-9-14/h1,5-9H2,2-4H3. The van der Waals surface area contributed by atoms with E-state index in [2.05, 4.69) is 6.58 Å². The molecule has 17 heavy (non-hydrogen) atoms. The van der Waals surface area contributed by atoms with Crippen LogP contribution in [0.15, 0.2) is 12.2 Å². The molecule has 1 amide bonds. The number of hydrogen-bond donors (Lipinski definition) is 0. The summed E-state index contributed by atoms with van der Waals surface area (Å²) >= 11 is 0. The number of ether oxygens (including phenoxy) is 1. The van der Waals surface area contributed by atoms with Crippen molar-refractivity contribution in [3.8, 4) is 0 Å². The summed E-state index contributed by atoms with van der Waals surface area (Å²) in [6, 6.07) is 0. The SMILES string of the molecule is C=C(C(=O)OC(=O)N1CCCCC1)C(C)(C)C. The quantitative estimate of drug-likeness (QED) is 0.401. The molecule has 0 aromatic carbocycles. The Labute approximate surface area is 103 Å². The van der Waals surface area contributed by atoms with E-state index in [-0.39, 0.29) is 5.41 Å². The highest BCUT2D eigenvalue weighted by Crippen LogP contribution is 2.24. The van der Waals surface area contributed by atoms with E-state index < -0.39 is 12.1 Å². The Morgan fingerprint density at radius 3 is 2.12 bits per heavy atom. The molecule has 1 aliphatic heterocycles. The Bertz CT molecular complexity index is 322. The molecule has 0 radical (unpaired) electrons. The third-order valence-electron chi connectivity index (χ3n) is 2.95. The molecule has 1 heterocycles. The van der Waals surface area contributed by atoms with E-state index in [9.17, 15) is 9.59 Å². The molecule has 0 aliphatic carbocycles. The summed E-state index contributed by atoms with van der Waals surface area (Å²) in [6.45, 7) is 10.6. The number of amides is 1. The van der Waals surface area contributed by atoms with Crippen molar-refractivity contribution < 1.29 is 14.3 Å². The molecule has 1 fully saturated rings. The molecule has 1 aliphatic rings. The van der Waals surface area contributed by atoms with Crippen LogP contribution in [0.25, 0.3) is 0 Å². The number of likely N-dealkylation sites (tertiary alicyclic amines) is 1. The summed E-state index contributed by atoms with van der Waals surface area (Å²) in [5.74, 6) is -0.618. The van der Waals surface area contributed by atoms with E-state index in [1.807, 2.05) is 20.8 Å². The maximum absolute atomic E-state index is 11.7. The molecule has 0 bridgehead atoms. The zero-order valence-corrected chi connectivity index (χ0v) is 10.9. The summed E-state index contributed by atoms with van der Waals surface area (Å²) in [7, 11) is 0. The first-order valence-corrected chi connectivity index (χ1v) is 6.03. The number of rotatable bonds is 1. The fourth-order valence-corrected chi connectivity index (χ4v) is 1.59. The lowest BCUT2D eigenvalue weighted by molar-refractivity contribution is -0.135. The van der Waals surface area contributed by atoms with Gasteiger partial charge in [-0.25, -0.2) is 9.59 Å². The number of carbonyl (C=O) groups excluding carboxylic acids is 2. The first-order valence-electron chi connectivity index (χ1n) is 6.03. The fraction of sp³-hybridized carbons (Fsp3) is 0.692. The molecule has 0 atom stereocenters. The number of piperidine rings is 1. The van der Waals surface area contributed by atoms with Crippen LogP contribution < -0.4 is 0 Å².